The lowest BCUT2D eigenvalue weighted by Gasteiger charge is -2.00. The second-order valence-corrected chi connectivity index (χ2v) is 3.06. The van der Waals surface area contributed by atoms with Crippen LogP contribution in [0.15, 0.2) is 0 Å². The molecule has 0 heterocycles. The van der Waals surface area contributed by atoms with Crippen LogP contribution in [0, 0.1) is 5.92 Å². The second kappa shape index (κ2) is 3.72. The lowest BCUT2D eigenvalue weighted by atomic mass is 10.3. The van der Waals surface area contributed by atoms with Crippen LogP contribution in [0.5, 0.6) is 0 Å². The zero-order valence-corrected chi connectivity index (χ0v) is 7.18. The summed E-state index contributed by atoms with van der Waals surface area (Å²) in [4.78, 5) is 10.8. The molecule has 0 bridgehead atoms. The molecule has 1 amide bonds. The quantitative estimate of drug-likeness (QED) is 0.607. The smallest absolute Gasteiger partial charge is 0.233 e. The van der Waals surface area contributed by atoms with Gasteiger partial charge in [-0.05, 0) is 12.3 Å². The third-order valence-electron chi connectivity index (χ3n) is 2.25. The lowest BCUT2D eigenvalue weighted by Crippen LogP contribution is -2.33. The molecule has 1 fully saturated rings. The first kappa shape index (κ1) is 8.53. The molecule has 1 saturated carbocycles. The number of nitrogens with one attached hydrogen (secondary N) is 2. The molecule has 1 aliphatic carbocycles. The highest BCUT2D eigenvalue weighted by molar-refractivity contribution is 5.77. The maximum Gasteiger partial charge on any atom is 0.233 e. The van der Waals surface area contributed by atoms with Gasteiger partial charge in [-0.3, -0.25) is 4.79 Å². The van der Waals surface area contributed by atoms with Gasteiger partial charge in [-0.1, -0.05) is 13.3 Å². The molecule has 2 unspecified atom stereocenters. The zero-order valence-electron chi connectivity index (χ0n) is 7.18. The van der Waals surface area contributed by atoms with Crippen LogP contribution in [0.1, 0.15) is 19.8 Å². The molecule has 0 radical (unpaired) electrons. The predicted octanol–water partition coefficient (Wildman–Crippen LogP) is 0.120. The van der Waals surface area contributed by atoms with Crippen molar-refractivity contribution >= 4 is 5.91 Å². The highest BCUT2D eigenvalue weighted by atomic mass is 16.1. The van der Waals surface area contributed by atoms with E-state index >= 15 is 0 Å². The van der Waals surface area contributed by atoms with Gasteiger partial charge in [0, 0.05) is 13.1 Å². The van der Waals surface area contributed by atoms with Gasteiger partial charge in [-0.2, -0.15) is 0 Å². The van der Waals surface area contributed by atoms with Gasteiger partial charge in [0.15, 0.2) is 0 Å². The molecule has 11 heavy (non-hydrogen) atoms. The first-order valence-corrected chi connectivity index (χ1v) is 4.22. The average Bonchev–Trinajstić information content (AvgIpc) is 2.78. The SMILES string of the molecule is CCC1CC1NCC(=O)NC. The Labute approximate surface area is 67.5 Å². The van der Waals surface area contributed by atoms with Gasteiger partial charge in [0.1, 0.15) is 0 Å². The van der Waals surface area contributed by atoms with E-state index in [9.17, 15) is 4.79 Å². The zero-order chi connectivity index (χ0) is 8.27. The van der Waals surface area contributed by atoms with Crippen LogP contribution in [-0.2, 0) is 4.79 Å². The Morgan fingerprint density at radius 2 is 2.36 bits per heavy atom. The highest BCUT2D eigenvalue weighted by Crippen LogP contribution is 2.32. The van der Waals surface area contributed by atoms with Gasteiger partial charge in [0.05, 0.1) is 6.54 Å². The summed E-state index contributed by atoms with van der Waals surface area (Å²) in [5, 5.41) is 5.78. The molecule has 0 aliphatic heterocycles. The van der Waals surface area contributed by atoms with Crippen molar-refractivity contribution in [1.29, 1.82) is 0 Å². The topological polar surface area (TPSA) is 41.1 Å². The molecule has 0 aromatic carbocycles. The molecule has 1 aliphatic rings. The molecule has 0 aromatic heterocycles. The third kappa shape index (κ3) is 2.50. The Morgan fingerprint density at radius 3 is 2.82 bits per heavy atom. The van der Waals surface area contributed by atoms with E-state index in [1.807, 2.05) is 0 Å². The molecule has 0 spiro atoms. The summed E-state index contributed by atoms with van der Waals surface area (Å²) >= 11 is 0. The van der Waals surface area contributed by atoms with Crippen molar-refractivity contribution in [2.75, 3.05) is 13.6 Å². The van der Waals surface area contributed by atoms with E-state index in [-0.39, 0.29) is 5.91 Å². The molecule has 3 nitrogen and oxygen atoms in total. The number of amides is 1. The van der Waals surface area contributed by atoms with Crippen molar-refractivity contribution in [3.8, 4) is 0 Å². The second-order valence-electron chi connectivity index (χ2n) is 3.06. The Balaban J connectivity index is 2.01. The maximum absolute atomic E-state index is 10.8. The lowest BCUT2D eigenvalue weighted by molar-refractivity contribution is -0.119. The first-order chi connectivity index (χ1) is 5.27. The number of hydrogen-bond donors (Lipinski definition) is 2. The number of likely N-dealkylation sites (N-methyl/N-ethyl adjacent to an activating group) is 1. The standard InChI is InChI=1S/C8H16N2O/c1-3-6-4-7(6)10-5-8(11)9-2/h6-7,10H,3-5H2,1-2H3,(H,9,11). The van der Waals surface area contributed by atoms with Crippen LogP contribution in [0.25, 0.3) is 0 Å². The van der Waals surface area contributed by atoms with Crippen molar-refractivity contribution in [1.82, 2.24) is 10.6 Å². The number of carbonyl (C=O) groups excluding carboxylic acids is 1. The van der Waals surface area contributed by atoms with Crippen LogP contribution in [0.3, 0.4) is 0 Å². The third-order valence-corrected chi connectivity index (χ3v) is 2.25. The molecule has 1 rings (SSSR count). The molecule has 0 aromatic rings. The van der Waals surface area contributed by atoms with Gasteiger partial charge in [0.2, 0.25) is 5.91 Å². The van der Waals surface area contributed by atoms with Crippen molar-refractivity contribution in [3.05, 3.63) is 0 Å². The molecule has 64 valence electrons. The van der Waals surface area contributed by atoms with Crippen LogP contribution < -0.4 is 10.6 Å². The average molecular weight is 156 g/mol. The van der Waals surface area contributed by atoms with Crippen molar-refractivity contribution in [2.24, 2.45) is 5.92 Å². The van der Waals surface area contributed by atoms with E-state index in [1.165, 1.54) is 12.8 Å². The molecule has 0 saturated heterocycles. The normalized spacial score (nSPS) is 28.2. The summed E-state index contributed by atoms with van der Waals surface area (Å²) in [5.41, 5.74) is 0. The molecule has 2 atom stereocenters. The minimum Gasteiger partial charge on any atom is -0.358 e. The van der Waals surface area contributed by atoms with Crippen molar-refractivity contribution in [2.45, 2.75) is 25.8 Å². The van der Waals surface area contributed by atoms with Gasteiger partial charge in [0.25, 0.3) is 0 Å². The van der Waals surface area contributed by atoms with Crippen LogP contribution in [0.2, 0.25) is 0 Å². The van der Waals surface area contributed by atoms with Crippen LogP contribution in [-0.4, -0.2) is 25.5 Å². The van der Waals surface area contributed by atoms with Gasteiger partial charge < -0.3 is 10.6 Å². The number of hydrogen-bond acceptors (Lipinski definition) is 2. The molecular formula is C8H16N2O. The Hall–Kier alpha value is -0.570. The Bertz CT molecular complexity index is 147. The number of rotatable bonds is 4. The fourth-order valence-corrected chi connectivity index (χ4v) is 1.26. The number of carbonyl (C=O) groups is 1. The Morgan fingerprint density at radius 1 is 1.64 bits per heavy atom. The maximum atomic E-state index is 10.8. The monoisotopic (exact) mass is 156 g/mol. The van der Waals surface area contributed by atoms with Gasteiger partial charge in [-0.25, -0.2) is 0 Å². The highest BCUT2D eigenvalue weighted by Gasteiger charge is 2.34. The van der Waals surface area contributed by atoms with E-state index in [4.69, 9.17) is 0 Å². The van der Waals surface area contributed by atoms with Crippen molar-refractivity contribution < 1.29 is 4.79 Å². The van der Waals surface area contributed by atoms with E-state index < -0.39 is 0 Å². The minimum absolute atomic E-state index is 0.0757. The fourth-order valence-electron chi connectivity index (χ4n) is 1.26. The van der Waals surface area contributed by atoms with E-state index in [2.05, 4.69) is 17.6 Å². The molecule has 3 heteroatoms. The summed E-state index contributed by atoms with van der Waals surface area (Å²) in [6.45, 7) is 2.66. The van der Waals surface area contributed by atoms with Crippen LogP contribution in [0.4, 0.5) is 0 Å². The largest absolute Gasteiger partial charge is 0.358 e. The first-order valence-electron chi connectivity index (χ1n) is 4.22. The summed E-state index contributed by atoms with van der Waals surface area (Å²) in [6.07, 6.45) is 2.47. The van der Waals surface area contributed by atoms with Gasteiger partial charge >= 0.3 is 0 Å². The summed E-state index contributed by atoms with van der Waals surface area (Å²) in [6, 6.07) is 0.609. The summed E-state index contributed by atoms with van der Waals surface area (Å²) in [5.74, 6) is 0.895. The Kier molecular flexibility index (Phi) is 2.88. The van der Waals surface area contributed by atoms with Crippen LogP contribution >= 0.6 is 0 Å². The molecular weight excluding hydrogens is 140 g/mol. The van der Waals surface area contributed by atoms with Gasteiger partial charge in [-0.15, -0.1) is 0 Å². The summed E-state index contributed by atoms with van der Waals surface area (Å²) in [7, 11) is 1.66. The summed E-state index contributed by atoms with van der Waals surface area (Å²) < 4.78 is 0. The van der Waals surface area contributed by atoms with E-state index in [0.29, 0.717) is 12.6 Å². The van der Waals surface area contributed by atoms with E-state index in [1.54, 1.807) is 7.05 Å². The predicted molar refractivity (Wildman–Crippen MR) is 44.3 cm³/mol. The van der Waals surface area contributed by atoms with E-state index in [0.717, 1.165) is 5.92 Å². The fraction of sp³-hybridized carbons (Fsp3) is 0.875. The van der Waals surface area contributed by atoms with Crippen molar-refractivity contribution in [3.63, 3.8) is 0 Å². The molecule has 2 N–H and O–H groups in total. The minimum atomic E-state index is 0.0757.